The fraction of sp³-hybridized carbons (Fsp3) is 0.333. The van der Waals surface area contributed by atoms with Crippen LogP contribution < -0.4 is 26.8 Å². The van der Waals surface area contributed by atoms with Crippen LogP contribution in [0.1, 0.15) is 49.5 Å². The molecule has 1 saturated heterocycles. The Morgan fingerprint density at radius 1 is 1.00 bits per heavy atom. The number of ketones is 1. The summed E-state index contributed by atoms with van der Waals surface area (Å²) in [6.45, 7) is 7.07. The van der Waals surface area contributed by atoms with E-state index < -0.39 is 23.6 Å². The lowest BCUT2D eigenvalue weighted by molar-refractivity contribution is 0.0540. The molecule has 2 aromatic carbocycles. The van der Waals surface area contributed by atoms with Crippen LogP contribution in [-0.2, 0) is 9.47 Å². The van der Waals surface area contributed by atoms with E-state index in [2.05, 4.69) is 26.1 Å². The summed E-state index contributed by atoms with van der Waals surface area (Å²) in [6.07, 6.45) is 3.74. The molecule has 0 atom stereocenters. The first kappa shape index (κ1) is 30.4. The average Bonchev–Trinajstić information content (AvgIpc) is 2.96. The summed E-state index contributed by atoms with van der Waals surface area (Å²) in [5.74, 6) is -0.279. The van der Waals surface area contributed by atoms with Crippen molar-refractivity contribution in [2.75, 3.05) is 41.1 Å². The summed E-state index contributed by atoms with van der Waals surface area (Å²) in [5.41, 5.74) is 12.4. The lowest BCUT2D eigenvalue weighted by Crippen LogP contribution is -2.36. The Kier molecular flexibility index (Phi) is 9.74. The van der Waals surface area contributed by atoms with E-state index in [1.807, 2.05) is 12.1 Å². The van der Waals surface area contributed by atoms with Gasteiger partial charge in [-0.05, 0) is 88.1 Å². The summed E-state index contributed by atoms with van der Waals surface area (Å²) in [7, 11) is 0. The molecule has 2 heterocycles. The maximum absolute atomic E-state index is 13.7. The van der Waals surface area contributed by atoms with E-state index in [0.717, 1.165) is 31.6 Å². The van der Waals surface area contributed by atoms with E-state index in [0.29, 0.717) is 10.6 Å². The van der Waals surface area contributed by atoms with Crippen molar-refractivity contribution in [1.82, 2.24) is 10.4 Å². The number of piperidine rings is 1. The molecule has 11 nitrogen and oxygen atoms in total. The van der Waals surface area contributed by atoms with Crippen molar-refractivity contribution in [1.29, 1.82) is 0 Å². The lowest BCUT2D eigenvalue weighted by Gasteiger charge is -2.33. The van der Waals surface area contributed by atoms with Crippen LogP contribution in [0.3, 0.4) is 0 Å². The molecule has 0 saturated carbocycles. The number of nitrogens with zero attached hydrogens (tertiary/aromatic N) is 2. The Bertz CT molecular complexity index is 1400. The van der Waals surface area contributed by atoms with Crippen LogP contribution in [0.5, 0.6) is 0 Å². The smallest absolute Gasteiger partial charge is 0.426 e. The zero-order chi connectivity index (χ0) is 30.3. The molecule has 2 amide bonds. The Balaban J connectivity index is 1.47. The van der Waals surface area contributed by atoms with E-state index in [1.54, 1.807) is 57.4 Å². The van der Waals surface area contributed by atoms with Gasteiger partial charge in [0.25, 0.3) is 0 Å². The molecule has 1 aromatic heterocycles. The monoisotopic (exact) mass is 594 g/mol. The molecule has 3 aromatic rings. The van der Waals surface area contributed by atoms with Gasteiger partial charge in [-0.15, -0.1) is 0 Å². The molecule has 0 spiro atoms. The summed E-state index contributed by atoms with van der Waals surface area (Å²) >= 11 is 6.01. The third-order valence-corrected chi connectivity index (χ3v) is 6.84. The van der Waals surface area contributed by atoms with Gasteiger partial charge in [0.05, 0.1) is 29.2 Å². The number of hydrogen-bond acceptors (Lipinski definition) is 9. The summed E-state index contributed by atoms with van der Waals surface area (Å²) in [5, 5.41) is 3.10. The number of carbonyl (C=O) groups is 3. The predicted octanol–water partition coefficient (Wildman–Crippen LogP) is 5.86. The second-order valence-electron chi connectivity index (χ2n) is 10.9. The molecule has 0 unspecified atom stereocenters. The number of benzene rings is 2. The largest absolute Gasteiger partial charge is 0.449 e. The van der Waals surface area contributed by atoms with E-state index in [-0.39, 0.29) is 35.2 Å². The highest BCUT2D eigenvalue weighted by atomic mass is 35.5. The first-order chi connectivity index (χ1) is 20.0. The average molecular weight is 595 g/mol. The molecule has 4 rings (SSSR count). The van der Waals surface area contributed by atoms with Gasteiger partial charge in [-0.2, -0.15) is 0 Å². The molecule has 0 radical (unpaired) electrons. The molecule has 0 aliphatic carbocycles. The number of carbonyl (C=O) groups excluding carboxylic acids is 3. The molecule has 12 heteroatoms. The van der Waals surface area contributed by atoms with Crippen LogP contribution in [0.25, 0.3) is 0 Å². The van der Waals surface area contributed by atoms with Crippen molar-refractivity contribution in [3.63, 3.8) is 0 Å². The normalized spacial score (nSPS) is 13.7. The number of ether oxygens (including phenoxy) is 2. The number of amides is 2. The number of pyridine rings is 1. The maximum Gasteiger partial charge on any atom is 0.426 e. The highest BCUT2D eigenvalue weighted by Crippen LogP contribution is 2.33. The van der Waals surface area contributed by atoms with Crippen molar-refractivity contribution in [3.8, 4) is 0 Å². The van der Waals surface area contributed by atoms with Crippen molar-refractivity contribution in [2.24, 2.45) is 5.92 Å². The van der Waals surface area contributed by atoms with Gasteiger partial charge in [-0.3, -0.25) is 20.5 Å². The number of nitrogens with one attached hydrogen (secondary N) is 3. The number of halogens is 1. The van der Waals surface area contributed by atoms with Crippen LogP contribution in [-0.4, -0.2) is 48.3 Å². The fourth-order valence-corrected chi connectivity index (χ4v) is 4.63. The molecular weight excluding hydrogens is 560 g/mol. The Hall–Kier alpha value is -4.51. The maximum atomic E-state index is 13.7. The minimum absolute atomic E-state index is 0.0241. The van der Waals surface area contributed by atoms with Gasteiger partial charge in [-0.25, -0.2) is 15.0 Å². The topological polar surface area (TPSA) is 148 Å². The first-order valence-electron chi connectivity index (χ1n) is 13.6. The van der Waals surface area contributed by atoms with Crippen molar-refractivity contribution in [3.05, 3.63) is 77.1 Å². The zero-order valence-electron chi connectivity index (χ0n) is 23.8. The Labute approximate surface area is 249 Å². The molecular formula is C30H35ClN6O5. The van der Waals surface area contributed by atoms with Crippen molar-refractivity contribution < 1.29 is 23.9 Å². The summed E-state index contributed by atoms with van der Waals surface area (Å²) in [6, 6.07) is 13.2. The van der Waals surface area contributed by atoms with Crippen LogP contribution in [0.4, 0.5) is 32.3 Å². The van der Waals surface area contributed by atoms with Crippen LogP contribution in [0.15, 0.2) is 60.9 Å². The van der Waals surface area contributed by atoms with E-state index in [4.69, 9.17) is 26.8 Å². The van der Waals surface area contributed by atoms with Gasteiger partial charge < -0.3 is 20.1 Å². The molecule has 0 bridgehead atoms. The van der Waals surface area contributed by atoms with Gasteiger partial charge >= 0.3 is 12.2 Å². The van der Waals surface area contributed by atoms with Crippen LogP contribution >= 0.6 is 11.6 Å². The second-order valence-corrected chi connectivity index (χ2v) is 11.3. The highest BCUT2D eigenvalue weighted by Gasteiger charge is 2.25. The zero-order valence-corrected chi connectivity index (χ0v) is 24.5. The molecule has 1 aliphatic heterocycles. The van der Waals surface area contributed by atoms with Crippen LogP contribution in [0.2, 0.25) is 5.02 Å². The van der Waals surface area contributed by atoms with Gasteiger partial charge in [0.2, 0.25) is 0 Å². The van der Waals surface area contributed by atoms with E-state index >= 15 is 0 Å². The lowest BCUT2D eigenvalue weighted by atomic mass is 9.97. The minimum atomic E-state index is -0.756. The minimum Gasteiger partial charge on any atom is -0.449 e. The number of nitrogen functional groups attached to an aromatic ring is 1. The summed E-state index contributed by atoms with van der Waals surface area (Å²) in [4.78, 5) is 45.2. The first-order valence-corrected chi connectivity index (χ1v) is 13.9. The molecule has 42 heavy (non-hydrogen) atoms. The Morgan fingerprint density at radius 3 is 2.31 bits per heavy atom. The quantitative estimate of drug-likeness (QED) is 0.143. The number of hydrazine groups is 1. The van der Waals surface area contributed by atoms with E-state index in [9.17, 15) is 14.4 Å². The van der Waals surface area contributed by atoms with Gasteiger partial charge in [-0.1, -0.05) is 11.6 Å². The molecule has 1 aliphatic rings. The van der Waals surface area contributed by atoms with Gasteiger partial charge in [0.15, 0.2) is 5.78 Å². The number of rotatable bonds is 8. The number of nitrogens with two attached hydrogens (primary N) is 1. The predicted molar refractivity (Wildman–Crippen MR) is 163 cm³/mol. The summed E-state index contributed by atoms with van der Waals surface area (Å²) < 4.78 is 10.8. The third kappa shape index (κ3) is 8.26. The molecule has 1 fully saturated rings. The number of hydrogen-bond donors (Lipinski definition) is 4. The Morgan fingerprint density at radius 2 is 1.67 bits per heavy atom. The van der Waals surface area contributed by atoms with Gasteiger partial charge in [0.1, 0.15) is 5.60 Å². The number of anilines is 4. The standard InChI is InChI=1S/C30H35ClN6O5/c1-30(2,3)42-29(40)36-35-24-9-8-23(32)26(25(24)27(38)20-4-6-21(31)7-5-20)34-28(39)41-18-19-12-16-37(17-13-19)22-10-14-33-15-11-22/h4-11,14-15,19,35H,12-13,16-18,32H2,1-3H3,(H,34,39)(H,36,40). The van der Waals surface area contributed by atoms with Crippen LogP contribution in [0, 0.1) is 5.92 Å². The second kappa shape index (κ2) is 13.4. The van der Waals surface area contributed by atoms with E-state index in [1.165, 1.54) is 12.1 Å². The third-order valence-electron chi connectivity index (χ3n) is 6.59. The molecule has 5 N–H and O–H groups in total. The fourth-order valence-electron chi connectivity index (χ4n) is 4.51. The highest BCUT2D eigenvalue weighted by molar-refractivity contribution is 6.30. The van der Waals surface area contributed by atoms with Crippen molar-refractivity contribution in [2.45, 2.75) is 39.2 Å². The number of aromatic nitrogens is 1. The van der Waals surface area contributed by atoms with Crippen molar-refractivity contribution >= 4 is 52.3 Å². The van der Waals surface area contributed by atoms with Gasteiger partial charge in [0, 0.05) is 41.8 Å². The SMILES string of the molecule is CC(C)(C)OC(=O)NNc1ccc(N)c(NC(=O)OCC2CCN(c3ccncc3)CC2)c1C(=O)c1ccc(Cl)cc1. The molecule has 222 valence electrons.